The van der Waals surface area contributed by atoms with Gasteiger partial charge in [-0.2, -0.15) is 0 Å². The fourth-order valence-corrected chi connectivity index (χ4v) is 2.06. The minimum atomic E-state index is -0.486. The summed E-state index contributed by atoms with van der Waals surface area (Å²) in [4.78, 5) is 25.4. The highest BCUT2D eigenvalue weighted by Crippen LogP contribution is 2.15. The molecule has 0 aromatic carbocycles. The number of hydrogen-bond donors (Lipinski definition) is 1. The van der Waals surface area contributed by atoms with Crippen LogP contribution in [-0.2, 0) is 14.3 Å². The lowest BCUT2D eigenvalue weighted by atomic mass is 10.0. The predicted octanol–water partition coefficient (Wildman–Crippen LogP) is 1.70. The van der Waals surface area contributed by atoms with Gasteiger partial charge < -0.3 is 19.7 Å². The zero-order valence-electron chi connectivity index (χ0n) is 13.4. The average Bonchev–Trinajstić information content (AvgIpc) is 2.37. The molecule has 1 heterocycles. The van der Waals surface area contributed by atoms with Crippen LogP contribution in [0.3, 0.4) is 0 Å². The van der Waals surface area contributed by atoms with Crippen molar-refractivity contribution in [3.8, 4) is 0 Å². The van der Waals surface area contributed by atoms with Crippen molar-refractivity contribution in [1.82, 2.24) is 10.2 Å². The lowest BCUT2D eigenvalue weighted by molar-refractivity contribution is -0.118. The molecule has 0 unspecified atom stereocenters. The Morgan fingerprint density at radius 2 is 1.86 bits per heavy atom. The molecule has 1 aliphatic heterocycles. The van der Waals surface area contributed by atoms with Gasteiger partial charge in [-0.25, -0.2) is 4.79 Å². The van der Waals surface area contributed by atoms with Crippen molar-refractivity contribution in [1.29, 1.82) is 0 Å². The molecule has 0 spiro atoms. The molecule has 21 heavy (non-hydrogen) atoms. The highest BCUT2D eigenvalue weighted by molar-refractivity contribution is 5.93. The molecule has 2 amide bonds. The topological polar surface area (TPSA) is 67.9 Å². The number of carbonyl (C=O) groups is 2. The monoisotopic (exact) mass is 298 g/mol. The standard InChI is InChI=1S/C15H26N2O4/c1-11(10-20-5)13(18)16-12-6-8-17(9-7-12)14(19)21-15(2,3)4/h12H,1,6-10H2,2-5H3,(H,16,18). The van der Waals surface area contributed by atoms with Gasteiger partial charge in [-0.3, -0.25) is 4.79 Å². The highest BCUT2D eigenvalue weighted by Gasteiger charge is 2.27. The smallest absolute Gasteiger partial charge is 0.410 e. The largest absolute Gasteiger partial charge is 0.444 e. The molecule has 0 radical (unpaired) electrons. The predicted molar refractivity (Wildman–Crippen MR) is 80.0 cm³/mol. The van der Waals surface area contributed by atoms with Gasteiger partial charge in [0.15, 0.2) is 0 Å². The van der Waals surface area contributed by atoms with E-state index in [1.54, 1.807) is 4.90 Å². The number of methoxy groups -OCH3 is 1. The molecule has 6 heteroatoms. The molecule has 0 bridgehead atoms. The number of likely N-dealkylation sites (tertiary alicyclic amines) is 1. The maximum Gasteiger partial charge on any atom is 0.410 e. The third-order valence-corrected chi connectivity index (χ3v) is 3.12. The molecule has 0 aromatic heterocycles. The number of carbonyl (C=O) groups excluding carboxylic acids is 2. The van der Waals surface area contributed by atoms with E-state index in [1.165, 1.54) is 7.11 Å². The van der Waals surface area contributed by atoms with Crippen LogP contribution in [0.25, 0.3) is 0 Å². The second kappa shape index (κ2) is 7.45. The molecule has 1 fully saturated rings. The first-order valence-electron chi connectivity index (χ1n) is 7.18. The van der Waals surface area contributed by atoms with Crippen LogP contribution in [0, 0.1) is 0 Å². The number of amides is 2. The van der Waals surface area contributed by atoms with Gasteiger partial charge in [0, 0.05) is 31.8 Å². The van der Waals surface area contributed by atoms with Crippen molar-refractivity contribution < 1.29 is 19.1 Å². The van der Waals surface area contributed by atoms with Crippen LogP contribution in [0.4, 0.5) is 4.79 Å². The van der Waals surface area contributed by atoms with E-state index in [-0.39, 0.29) is 24.6 Å². The maximum atomic E-state index is 11.9. The summed E-state index contributed by atoms with van der Waals surface area (Å²) in [7, 11) is 1.53. The lowest BCUT2D eigenvalue weighted by Gasteiger charge is -2.33. The summed E-state index contributed by atoms with van der Waals surface area (Å²) >= 11 is 0. The molecule has 0 aromatic rings. The third kappa shape index (κ3) is 6.16. The van der Waals surface area contributed by atoms with Crippen LogP contribution >= 0.6 is 0 Å². The van der Waals surface area contributed by atoms with E-state index in [9.17, 15) is 9.59 Å². The average molecular weight is 298 g/mol. The zero-order valence-corrected chi connectivity index (χ0v) is 13.4. The van der Waals surface area contributed by atoms with Crippen LogP contribution in [0.15, 0.2) is 12.2 Å². The molecule has 120 valence electrons. The van der Waals surface area contributed by atoms with Crippen LogP contribution in [0.2, 0.25) is 0 Å². The number of hydrogen-bond acceptors (Lipinski definition) is 4. The van der Waals surface area contributed by atoms with E-state index in [0.717, 1.165) is 0 Å². The molecule has 1 aliphatic rings. The summed E-state index contributed by atoms with van der Waals surface area (Å²) in [6, 6.07) is 0.0600. The number of rotatable bonds is 4. The number of piperidine rings is 1. The molecule has 1 rings (SSSR count). The molecule has 1 saturated heterocycles. The Morgan fingerprint density at radius 3 is 2.33 bits per heavy atom. The van der Waals surface area contributed by atoms with Crippen LogP contribution in [0.1, 0.15) is 33.6 Å². The second-order valence-corrected chi connectivity index (χ2v) is 6.25. The van der Waals surface area contributed by atoms with Crippen molar-refractivity contribution in [2.45, 2.75) is 45.3 Å². The Labute approximate surface area is 126 Å². The van der Waals surface area contributed by atoms with Crippen molar-refractivity contribution in [2.24, 2.45) is 0 Å². The zero-order chi connectivity index (χ0) is 16.0. The van der Waals surface area contributed by atoms with E-state index in [4.69, 9.17) is 9.47 Å². The summed E-state index contributed by atoms with van der Waals surface area (Å²) < 4.78 is 10.2. The number of nitrogens with one attached hydrogen (secondary N) is 1. The van der Waals surface area contributed by atoms with E-state index in [1.807, 2.05) is 20.8 Å². The first-order valence-corrected chi connectivity index (χ1v) is 7.18. The molecule has 0 aliphatic carbocycles. The summed E-state index contributed by atoms with van der Waals surface area (Å²) in [5.41, 5.74) is -0.0767. The van der Waals surface area contributed by atoms with Gasteiger partial charge in [0.2, 0.25) is 5.91 Å². The van der Waals surface area contributed by atoms with Gasteiger partial charge in [0.25, 0.3) is 0 Å². The molecule has 0 atom stereocenters. The van der Waals surface area contributed by atoms with E-state index in [2.05, 4.69) is 11.9 Å². The van der Waals surface area contributed by atoms with Crippen LogP contribution < -0.4 is 5.32 Å². The van der Waals surface area contributed by atoms with Gasteiger partial charge in [0.1, 0.15) is 5.60 Å². The summed E-state index contributed by atoms with van der Waals surface area (Å²) in [5, 5.41) is 2.91. The van der Waals surface area contributed by atoms with E-state index in [0.29, 0.717) is 31.5 Å². The molecule has 6 nitrogen and oxygen atoms in total. The normalized spacial score (nSPS) is 16.5. The Hall–Kier alpha value is -1.56. The van der Waals surface area contributed by atoms with Gasteiger partial charge in [-0.05, 0) is 33.6 Å². The molecular formula is C15H26N2O4. The highest BCUT2D eigenvalue weighted by atomic mass is 16.6. The van der Waals surface area contributed by atoms with Gasteiger partial charge in [-0.15, -0.1) is 0 Å². The first-order chi connectivity index (χ1) is 9.73. The van der Waals surface area contributed by atoms with Crippen molar-refractivity contribution in [2.75, 3.05) is 26.8 Å². The SMILES string of the molecule is C=C(COC)C(=O)NC1CCN(C(=O)OC(C)(C)C)CC1. The van der Waals surface area contributed by atoms with Gasteiger partial charge in [-0.1, -0.05) is 6.58 Å². The molecule has 1 N–H and O–H groups in total. The first kappa shape index (κ1) is 17.5. The number of nitrogens with zero attached hydrogens (tertiary/aromatic N) is 1. The van der Waals surface area contributed by atoms with Gasteiger partial charge in [0.05, 0.1) is 6.61 Å². The second-order valence-electron chi connectivity index (χ2n) is 6.25. The van der Waals surface area contributed by atoms with E-state index < -0.39 is 5.60 Å². The minimum absolute atomic E-state index is 0.0600. The summed E-state index contributed by atoms with van der Waals surface area (Å²) in [5.74, 6) is -0.187. The Balaban J connectivity index is 2.37. The van der Waals surface area contributed by atoms with Crippen molar-refractivity contribution in [3.05, 3.63) is 12.2 Å². The molecular weight excluding hydrogens is 272 g/mol. The fraction of sp³-hybridized carbons (Fsp3) is 0.733. The fourth-order valence-electron chi connectivity index (χ4n) is 2.06. The van der Waals surface area contributed by atoms with Crippen LogP contribution in [-0.4, -0.2) is 55.3 Å². The molecule has 0 saturated carbocycles. The Kier molecular flexibility index (Phi) is 6.20. The van der Waals surface area contributed by atoms with Crippen molar-refractivity contribution in [3.63, 3.8) is 0 Å². The summed E-state index contributed by atoms with van der Waals surface area (Å²) in [6.45, 7) is 10.6. The summed E-state index contributed by atoms with van der Waals surface area (Å²) in [6.07, 6.45) is 1.13. The quantitative estimate of drug-likeness (QED) is 0.802. The van der Waals surface area contributed by atoms with E-state index >= 15 is 0 Å². The third-order valence-electron chi connectivity index (χ3n) is 3.12. The van der Waals surface area contributed by atoms with Crippen LogP contribution in [0.5, 0.6) is 0 Å². The Morgan fingerprint density at radius 1 is 1.29 bits per heavy atom. The van der Waals surface area contributed by atoms with Gasteiger partial charge >= 0.3 is 6.09 Å². The number of ether oxygens (including phenoxy) is 2. The minimum Gasteiger partial charge on any atom is -0.444 e. The lowest BCUT2D eigenvalue weighted by Crippen LogP contribution is -2.48. The maximum absolute atomic E-state index is 11.9. The van der Waals surface area contributed by atoms with Crippen molar-refractivity contribution >= 4 is 12.0 Å². The Bertz CT molecular complexity index is 393.